The predicted octanol–water partition coefficient (Wildman–Crippen LogP) is 3.14. The van der Waals surface area contributed by atoms with Crippen LogP contribution in [0.25, 0.3) is 5.65 Å². The quantitative estimate of drug-likeness (QED) is 0.783. The third-order valence-electron chi connectivity index (χ3n) is 4.10. The van der Waals surface area contributed by atoms with Gasteiger partial charge < -0.3 is 10.2 Å². The van der Waals surface area contributed by atoms with Gasteiger partial charge in [0.2, 0.25) is 0 Å². The van der Waals surface area contributed by atoms with E-state index in [1.807, 2.05) is 41.8 Å². The lowest BCUT2D eigenvalue weighted by Crippen LogP contribution is -2.21. The maximum Gasteiger partial charge on any atom is 0.255 e. The fraction of sp³-hybridized carbons (Fsp3) is 0.278. The van der Waals surface area contributed by atoms with E-state index in [4.69, 9.17) is 0 Å². The molecule has 6 heteroatoms. The minimum atomic E-state index is -0.159. The van der Waals surface area contributed by atoms with E-state index in [-0.39, 0.29) is 5.91 Å². The van der Waals surface area contributed by atoms with Gasteiger partial charge in [-0.2, -0.15) is 0 Å². The first kappa shape index (κ1) is 16.0. The van der Waals surface area contributed by atoms with Gasteiger partial charge in [-0.25, -0.2) is 0 Å². The normalized spacial score (nSPS) is 10.8. The van der Waals surface area contributed by atoms with Crippen LogP contribution in [-0.4, -0.2) is 33.6 Å². The van der Waals surface area contributed by atoms with E-state index >= 15 is 0 Å². The Kier molecular flexibility index (Phi) is 4.46. The second kappa shape index (κ2) is 6.70. The molecule has 2 heterocycles. The minimum Gasteiger partial charge on any atom is -0.372 e. The number of carbonyl (C=O) groups is 1. The number of pyridine rings is 1. The van der Waals surface area contributed by atoms with Gasteiger partial charge in [-0.3, -0.25) is 9.20 Å². The molecule has 1 amide bonds. The van der Waals surface area contributed by atoms with Crippen LogP contribution in [0.2, 0.25) is 0 Å². The van der Waals surface area contributed by atoms with Crippen molar-refractivity contribution in [1.82, 2.24) is 14.6 Å². The SMILES string of the molecule is CCN(CC)c1ccc(NC(=O)c2ccn3c(C)nnc3c2)cc1. The van der Waals surface area contributed by atoms with Crippen molar-refractivity contribution in [2.24, 2.45) is 0 Å². The number of amides is 1. The largest absolute Gasteiger partial charge is 0.372 e. The Bertz CT molecular complexity index is 849. The highest BCUT2D eigenvalue weighted by atomic mass is 16.1. The summed E-state index contributed by atoms with van der Waals surface area (Å²) in [6, 6.07) is 11.4. The van der Waals surface area contributed by atoms with Gasteiger partial charge >= 0.3 is 0 Å². The van der Waals surface area contributed by atoms with E-state index in [0.717, 1.165) is 30.3 Å². The third-order valence-corrected chi connectivity index (χ3v) is 4.10. The molecule has 0 saturated heterocycles. The van der Waals surface area contributed by atoms with E-state index in [1.165, 1.54) is 0 Å². The summed E-state index contributed by atoms with van der Waals surface area (Å²) in [5, 5.41) is 11.0. The molecule has 1 N–H and O–H groups in total. The fourth-order valence-electron chi connectivity index (χ4n) is 2.70. The Morgan fingerprint density at radius 3 is 2.50 bits per heavy atom. The summed E-state index contributed by atoms with van der Waals surface area (Å²) in [4.78, 5) is 14.7. The molecule has 1 aromatic carbocycles. The summed E-state index contributed by atoms with van der Waals surface area (Å²) in [5.74, 6) is 0.637. The van der Waals surface area contributed by atoms with Gasteiger partial charge in [0.25, 0.3) is 5.91 Å². The zero-order chi connectivity index (χ0) is 17.1. The summed E-state index contributed by atoms with van der Waals surface area (Å²) in [6.07, 6.45) is 1.81. The van der Waals surface area contributed by atoms with E-state index in [9.17, 15) is 4.79 Å². The molecule has 0 saturated carbocycles. The summed E-state index contributed by atoms with van der Waals surface area (Å²) in [6.45, 7) is 8.04. The van der Waals surface area contributed by atoms with Crippen LogP contribution >= 0.6 is 0 Å². The molecule has 124 valence electrons. The van der Waals surface area contributed by atoms with Crippen LogP contribution in [0.15, 0.2) is 42.6 Å². The number of anilines is 2. The maximum absolute atomic E-state index is 12.4. The van der Waals surface area contributed by atoms with Gasteiger partial charge in [0, 0.05) is 36.2 Å². The van der Waals surface area contributed by atoms with E-state index in [1.54, 1.807) is 12.1 Å². The number of benzene rings is 1. The van der Waals surface area contributed by atoms with Crippen LogP contribution in [0.4, 0.5) is 11.4 Å². The third kappa shape index (κ3) is 3.08. The lowest BCUT2D eigenvalue weighted by Gasteiger charge is -2.21. The molecule has 0 unspecified atom stereocenters. The van der Waals surface area contributed by atoms with Crippen LogP contribution in [0, 0.1) is 6.92 Å². The number of nitrogens with zero attached hydrogens (tertiary/aromatic N) is 4. The predicted molar refractivity (Wildman–Crippen MR) is 95.7 cm³/mol. The number of aryl methyl sites for hydroxylation is 1. The lowest BCUT2D eigenvalue weighted by atomic mass is 10.2. The molecule has 0 spiro atoms. The zero-order valence-electron chi connectivity index (χ0n) is 14.2. The van der Waals surface area contributed by atoms with Crippen LogP contribution < -0.4 is 10.2 Å². The Morgan fingerprint density at radius 1 is 1.12 bits per heavy atom. The molecule has 0 atom stereocenters. The van der Waals surface area contributed by atoms with Crippen LogP contribution in [0.3, 0.4) is 0 Å². The number of rotatable bonds is 5. The highest BCUT2D eigenvalue weighted by molar-refractivity contribution is 6.04. The van der Waals surface area contributed by atoms with Crippen molar-refractivity contribution in [2.75, 3.05) is 23.3 Å². The monoisotopic (exact) mass is 323 g/mol. The molecule has 3 rings (SSSR count). The molecular formula is C18H21N5O. The average molecular weight is 323 g/mol. The number of fused-ring (bicyclic) bond motifs is 1. The van der Waals surface area contributed by atoms with Crippen LogP contribution in [0.1, 0.15) is 30.0 Å². The topological polar surface area (TPSA) is 62.5 Å². The number of nitrogens with one attached hydrogen (secondary N) is 1. The highest BCUT2D eigenvalue weighted by Gasteiger charge is 2.09. The van der Waals surface area contributed by atoms with Crippen molar-refractivity contribution in [3.05, 3.63) is 54.0 Å². The zero-order valence-corrected chi connectivity index (χ0v) is 14.2. The smallest absolute Gasteiger partial charge is 0.255 e. The number of hydrogen-bond acceptors (Lipinski definition) is 4. The van der Waals surface area contributed by atoms with Crippen molar-refractivity contribution in [1.29, 1.82) is 0 Å². The molecule has 0 bridgehead atoms. The number of carbonyl (C=O) groups excluding carboxylic acids is 1. The molecule has 0 aliphatic heterocycles. The Morgan fingerprint density at radius 2 is 1.83 bits per heavy atom. The van der Waals surface area contributed by atoms with E-state index in [0.29, 0.717) is 11.2 Å². The molecule has 2 aromatic heterocycles. The molecule has 0 fully saturated rings. The van der Waals surface area contributed by atoms with E-state index < -0.39 is 0 Å². The number of hydrogen-bond donors (Lipinski definition) is 1. The van der Waals surface area contributed by atoms with Gasteiger partial charge in [0.15, 0.2) is 5.65 Å². The van der Waals surface area contributed by atoms with Crippen molar-refractivity contribution < 1.29 is 4.79 Å². The summed E-state index contributed by atoms with van der Waals surface area (Å²) in [7, 11) is 0. The van der Waals surface area contributed by atoms with Crippen molar-refractivity contribution in [3.63, 3.8) is 0 Å². The molecule has 0 aliphatic rings. The molecule has 6 nitrogen and oxygen atoms in total. The lowest BCUT2D eigenvalue weighted by molar-refractivity contribution is 0.102. The second-order valence-electron chi connectivity index (χ2n) is 5.56. The Balaban J connectivity index is 1.75. The van der Waals surface area contributed by atoms with Crippen LogP contribution in [0.5, 0.6) is 0 Å². The summed E-state index contributed by atoms with van der Waals surface area (Å²) >= 11 is 0. The maximum atomic E-state index is 12.4. The fourth-order valence-corrected chi connectivity index (χ4v) is 2.70. The number of aromatic nitrogens is 3. The Hall–Kier alpha value is -2.89. The Labute approximate surface area is 141 Å². The first-order valence-electron chi connectivity index (χ1n) is 8.10. The summed E-state index contributed by atoms with van der Waals surface area (Å²) < 4.78 is 1.84. The van der Waals surface area contributed by atoms with Crippen molar-refractivity contribution in [3.8, 4) is 0 Å². The first-order valence-corrected chi connectivity index (χ1v) is 8.10. The van der Waals surface area contributed by atoms with Gasteiger partial charge in [-0.05, 0) is 57.2 Å². The van der Waals surface area contributed by atoms with Gasteiger partial charge in [-0.15, -0.1) is 10.2 Å². The molecular weight excluding hydrogens is 302 g/mol. The standard InChI is InChI=1S/C18H21N5O/c1-4-22(5-2)16-8-6-15(7-9-16)19-18(24)14-10-11-23-13(3)20-21-17(23)12-14/h6-12H,4-5H2,1-3H3,(H,19,24). The minimum absolute atomic E-state index is 0.159. The second-order valence-corrected chi connectivity index (χ2v) is 5.56. The van der Waals surface area contributed by atoms with Crippen molar-refractivity contribution in [2.45, 2.75) is 20.8 Å². The van der Waals surface area contributed by atoms with Gasteiger partial charge in [0.1, 0.15) is 5.82 Å². The summed E-state index contributed by atoms with van der Waals surface area (Å²) in [5.41, 5.74) is 3.14. The van der Waals surface area contributed by atoms with Gasteiger partial charge in [-0.1, -0.05) is 0 Å². The van der Waals surface area contributed by atoms with E-state index in [2.05, 4.69) is 34.3 Å². The molecule has 3 aromatic rings. The average Bonchev–Trinajstić information content (AvgIpc) is 2.98. The van der Waals surface area contributed by atoms with Gasteiger partial charge in [0.05, 0.1) is 0 Å². The highest BCUT2D eigenvalue weighted by Crippen LogP contribution is 2.18. The van der Waals surface area contributed by atoms with Crippen molar-refractivity contribution >= 4 is 22.9 Å². The van der Waals surface area contributed by atoms with Crippen LogP contribution in [-0.2, 0) is 0 Å². The molecule has 24 heavy (non-hydrogen) atoms. The molecule has 0 aliphatic carbocycles. The molecule has 0 radical (unpaired) electrons. The first-order chi connectivity index (χ1) is 11.6.